The van der Waals surface area contributed by atoms with Crippen molar-refractivity contribution in [1.82, 2.24) is 10.6 Å². The molecule has 2 rings (SSSR count). The zero-order valence-corrected chi connectivity index (χ0v) is 17.9. The molecule has 142 valence electrons. The summed E-state index contributed by atoms with van der Waals surface area (Å²) >= 11 is 0. The monoisotopic (exact) mass is 453 g/mol. The van der Waals surface area contributed by atoms with Gasteiger partial charge in [0.15, 0.2) is 5.96 Å². The van der Waals surface area contributed by atoms with Gasteiger partial charge >= 0.3 is 0 Å². The topological polar surface area (TPSA) is 54.9 Å². The molecule has 2 fully saturated rings. The summed E-state index contributed by atoms with van der Waals surface area (Å²) in [6.07, 6.45) is 6.00. The van der Waals surface area contributed by atoms with Gasteiger partial charge in [-0.2, -0.15) is 0 Å². The van der Waals surface area contributed by atoms with Gasteiger partial charge in [-0.3, -0.25) is 4.99 Å². The van der Waals surface area contributed by atoms with E-state index in [0.29, 0.717) is 12.0 Å². The Kier molecular flexibility index (Phi) is 11.3. The van der Waals surface area contributed by atoms with E-state index in [1.165, 1.54) is 19.3 Å². The standard InChI is InChI=1S/C18H35N3O2.HI/c1-14-9-15(2)11-17(10-14)21-18(19-3)20-6-4-7-22-12-16-5-8-23-13-16;/h14-17H,4-13H2,1-3H3,(H2,19,20,21);1H. The SMILES string of the molecule is CN=C(NCCCOCC1CCOC1)NC1CC(C)CC(C)C1.I. The third-order valence-corrected chi connectivity index (χ3v) is 4.88. The number of halogens is 1. The Morgan fingerprint density at radius 2 is 1.96 bits per heavy atom. The lowest BCUT2D eigenvalue weighted by Crippen LogP contribution is -2.46. The van der Waals surface area contributed by atoms with Crippen LogP contribution in [0.25, 0.3) is 0 Å². The maximum atomic E-state index is 5.73. The summed E-state index contributed by atoms with van der Waals surface area (Å²) in [6.45, 7) is 9.02. The van der Waals surface area contributed by atoms with Crippen molar-refractivity contribution in [1.29, 1.82) is 0 Å². The van der Waals surface area contributed by atoms with Crippen LogP contribution in [-0.4, -0.2) is 52.0 Å². The number of nitrogens with zero attached hydrogens (tertiary/aromatic N) is 1. The van der Waals surface area contributed by atoms with Crippen LogP contribution >= 0.6 is 24.0 Å². The highest BCUT2D eigenvalue weighted by atomic mass is 127. The van der Waals surface area contributed by atoms with E-state index < -0.39 is 0 Å². The molecule has 6 heteroatoms. The molecule has 2 aliphatic rings. The molecular weight excluding hydrogens is 417 g/mol. The first-order valence-corrected chi connectivity index (χ1v) is 9.30. The normalized spacial score (nSPS) is 30.7. The van der Waals surface area contributed by atoms with Crippen molar-refractivity contribution in [3.05, 3.63) is 0 Å². The second kappa shape index (κ2) is 12.3. The highest BCUT2D eigenvalue weighted by Gasteiger charge is 2.24. The highest BCUT2D eigenvalue weighted by molar-refractivity contribution is 14.0. The maximum absolute atomic E-state index is 5.73. The molecule has 2 N–H and O–H groups in total. The first kappa shape index (κ1) is 22.0. The van der Waals surface area contributed by atoms with Crippen LogP contribution in [0.5, 0.6) is 0 Å². The number of nitrogens with one attached hydrogen (secondary N) is 2. The van der Waals surface area contributed by atoms with Crippen LogP contribution in [0, 0.1) is 17.8 Å². The van der Waals surface area contributed by atoms with Gasteiger partial charge in [0.05, 0.1) is 13.2 Å². The maximum Gasteiger partial charge on any atom is 0.191 e. The minimum atomic E-state index is 0. The van der Waals surface area contributed by atoms with E-state index in [1.54, 1.807) is 0 Å². The Morgan fingerprint density at radius 3 is 2.58 bits per heavy atom. The molecule has 0 aromatic heterocycles. The Labute approximate surface area is 164 Å². The fourth-order valence-electron chi connectivity index (χ4n) is 3.80. The molecule has 24 heavy (non-hydrogen) atoms. The molecule has 0 spiro atoms. The van der Waals surface area contributed by atoms with Crippen molar-refractivity contribution < 1.29 is 9.47 Å². The summed E-state index contributed by atoms with van der Waals surface area (Å²) in [5.41, 5.74) is 0. The molecule has 3 unspecified atom stereocenters. The van der Waals surface area contributed by atoms with E-state index in [9.17, 15) is 0 Å². The van der Waals surface area contributed by atoms with Crippen LogP contribution in [0.3, 0.4) is 0 Å². The van der Waals surface area contributed by atoms with Crippen molar-refractivity contribution in [2.45, 2.75) is 52.0 Å². The lowest BCUT2D eigenvalue weighted by Gasteiger charge is -2.32. The van der Waals surface area contributed by atoms with Gasteiger partial charge in [0.25, 0.3) is 0 Å². The third-order valence-electron chi connectivity index (χ3n) is 4.88. The highest BCUT2D eigenvalue weighted by Crippen LogP contribution is 2.28. The summed E-state index contributed by atoms with van der Waals surface area (Å²) in [4.78, 5) is 4.35. The van der Waals surface area contributed by atoms with Crippen molar-refractivity contribution in [2.75, 3.05) is 40.0 Å². The van der Waals surface area contributed by atoms with Gasteiger partial charge in [-0.25, -0.2) is 0 Å². The van der Waals surface area contributed by atoms with Crippen LogP contribution < -0.4 is 10.6 Å². The van der Waals surface area contributed by atoms with Gasteiger partial charge in [-0.15, -0.1) is 24.0 Å². The van der Waals surface area contributed by atoms with E-state index >= 15 is 0 Å². The molecule has 0 aromatic carbocycles. The molecule has 1 aliphatic heterocycles. The van der Waals surface area contributed by atoms with Gasteiger partial charge in [-0.1, -0.05) is 13.8 Å². The first-order chi connectivity index (χ1) is 11.2. The average Bonchev–Trinajstić information content (AvgIpc) is 3.01. The molecule has 1 saturated heterocycles. The van der Waals surface area contributed by atoms with Crippen molar-refractivity contribution in [3.8, 4) is 0 Å². The van der Waals surface area contributed by atoms with Crippen molar-refractivity contribution in [3.63, 3.8) is 0 Å². The summed E-state index contributed by atoms with van der Waals surface area (Å²) in [6, 6.07) is 0.554. The molecule has 5 nitrogen and oxygen atoms in total. The average molecular weight is 453 g/mol. The van der Waals surface area contributed by atoms with Gasteiger partial charge in [0.1, 0.15) is 0 Å². The number of hydrogen-bond acceptors (Lipinski definition) is 3. The van der Waals surface area contributed by atoms with Crippen LogP contribution in [0.4, 0.5) is 0 Å². The largest absolute Gasteiger partial charge is 0.381 e. The molecule has 0 radical (unpaired) electrons. The summed E-state index contributed by atoms with van der Waals surface area (Å²) in [7, 11) is 1.85. The number of rotatable bonds is 7. The van der Waals surface area contributed by atoms with Crippen LogP contribution in [0.15, 0.2) is 4.99 Å². The molecule has 1 saturated carbocycles. The summed E-state index contributed by atoms with van der Waals surface area (Å²) < 4.78 is 11.1. The van der Waals surface area contributed by atoms with E-state index in [0.717, 1.165) is 63.6 Å². The molecule has 0 bridgehead atoms. The third kappa shape index (κ3) is 8.34. The molecule has 0 amide bonds. The minimum Gasteiger partial charge on any atom is -0.381 e. The van der Waals surface area contributed by atoms with Crippen LogP contribution in [-0.2, 0) is 9.47 Å². The lowest BCUT2D eigenvalue weighted by atomic mass is 9.80. The van der Waals surface area contributed by atoms with E-state index in [-0.39, 0.29) is 24.0 Å². The second-order valence-electron chi connectivity index (χ2n) is 7.42. The predicted molar refractivity (Wildman–Crippen MR) is 110 cm³/mol. The fourth-order valence-corrected chi connectivity index (χ4v) is 3.80. The Bertz CT molecular complexity index is 352. The quantitative estimate of drug-likeness (QED) is 0.269. The Morgan fingerprint density at radius 1 is 1.21 bits per heavy atom. The zero-order valence-electron chi connectivity index (χ0n) is 15.6. The van der Waals surface area contributed by atoms with Crippen LogP contribution in [0.2, 0.25) is 0 Å². The van der Waals surface area contributed by atoms with Crippen LogP contribution in [0.1, 0.15) is 46.0 Å². The van der Waals surface area contributed by atoms with Gasteiger partial charge in [0, 0.05) is 38.8 Å². The number of guanidine groups is 1. The summed E-state index contributed by atoms with van der Waals surface area (Å²) in [5, 5.41) is 6.99. The molecular formula is C18H36IN3O2. The smallest absolute Gasteiger partial charge is 0.191 e. The first-order valence-electron chi connectivity index (χ1n) is 9.30. The Hall–Kier alpha value is -0.0800. The van der Waals surface area contributed by atoms with Gasteiger partial charge < -0.3 is 20.1 Å². The zero-order chi connectivity index (χ0) is 16.5. The minimum absolute atomic E-state index is 0. The number of ether oxygens (including phenoxy) is 2. The molecule has 3 atom stereocenters. The van der Waals surface area contributed by atoms with E-state index in [1.807, 2.05) is 7.05 Å². The molecule has 0 aromatic rings. The summed E-state index contributed by atoms with van der Waals surface area (Å²) in [5.74, 6) is 3.15. The van der Waals surface area contributed by atoms with Crippen molar-refractivity contribution >= 4 is 29.9 Å². The lowest BCUT2D eigenvalue weighted by molar-refractivity contribution is 0.0888. The van der Waals surface area contributed by atoms with Gasteiger partial charge in [-0.05, 0) is 43.9 Å². The Balaban J connectivity index is 0.00000288. The molecule has 1 aliphatic carbocycles. The predicted octanol–water partition coefficient (Wildman–Crippen LogP) is 3.04. The number of hydrogen-bond donors (Lipinski definition) is 2. The van der Waals surface area contributed by atoms with E-state index in [2.05, 4.69) is 29.5 Å². The molecule has 1 heterocycles. The fraction of sp³-hybridized carbons (Fsp3) is 0.944. The van der Waals surface area contributed by atoms with Crippen molar-refractivity contribution in [2.24, 2.45) is 22.7 Å². The second-order valence-corrected chi connectivity index (χ2v) is 7.42. The van der Waals surface area contributed by atoms with E-state index in [4.69, 9.17) is 9.47 Å². The van der Waals surface area contributed by atoms with Gasteiger partial charge in [0.2, 0.25) is 0 Å². The number of aliphatic imine (C=N–C) groups is 1.